The van der Waals surface area contributed by atoms with E-state index in [1.165, 1.54) is 60.6 Å². The zero-order chi connectivity index (χ0) is 36.7. The third kappa shape index (κ3) is 4.88. The van der Waals surface area contributed by atoms with Crippen molar-refractivity contribution in [3.63, 3.8) is 0 Å². The molecule has 2 nitrogen and oxygen atoms in total. The molecule has 11 rings (SSSR count). The molecule has 1 heterocycles. The molecule has 0 radical (unpaired) electrons. The van der Waals surface area contributed by atoms with Gasteiger partial charge in [0.1, 0.15) is 11.2 Å². The largest absolute Gasteiger partial charge is 0.456 e. The fourth-order valence-corrected chi connectivity index (χ4v) is 9.14. The van der Waals surface area contributed by atoms with E-state index < -0.39 is 0 Å². The fraction of sp³-hybridized carbons (Fsp3) is 0.0566. The maximum atomic E-state index is 6.43. The molecule has 0 unspecified atom stereocenters. The van der Waals surface area contributed by atoms with Crippen LogP contribution in [-0.4, -0.2) is 0 Å². The average Bonchev–Trinajstić information content (AvgIpc) is 3.71. The van der Waals surface area contributed by atoms with Crippen LogP contribution in [-0.2, 0) is 5.41 Å². The predicted molar refractivity (Wildman–Crippen MR) is 232 cm³/mol. The van der Waals surface area contributed by atoms with Crippen LogP contribution >= 0.6 is 0 Å². The molecule has 0 bridgehead atoms. The summed E-state index contributed by atoms with van der Waals surface area (Å²) in [6, 6.07) is 68.5. The first-order valence-electron chi connectivity index (χ1n) is 19.1. The molecule has 0 amide bonds. The summed E-state index contributed by atoms with van der Waals surface area (Å²) >= 11 is 0. The zero-order valence-corrected chi connectivity index (χ0v) is 30.8. The molecule has 0 saturated heterocycles. The Hall–Kier alpha value is -6.90. The van der Waals surface area contributed by atoms with Crippen LogP contribution in [0.5, 0.6) is 0 Å². The third-order valence-electron chi connectivity index (χ3n) is 11.8. The molecule has 55 heavy (non-hydrogen) atoms. The minimum atomic E-state index is -0.122. The topological polar surface area (TPSA) is 16.4 Å². The first kappa shape index (κ1) is 31.6. The predicted octanol–water partition coefficient (Wildman–Crippen LogP) is 15.0. The maximum Gasteiger partial charge on any atom is 0.136 e. The molecular formula is C53H37NO. The van der Waals surface area contributed by atoms with Crippen LogP contribution < -0.4 is 4.90 Å². The second-order valence-electron chi connectivity index (χ2n) is 15.3. The summed E-state index contributed by atoms with van der Waals surface area (Å²) in [7, 11) is 0. The van der Waals surface area contributed by atoms with Crippen molar-refractivity contribution < 1.29 is 4.42 Å². The Labute approximate surface area is 320 Å². The van der Waals surface area contributed by atoms with Crippen LogP contribution in [0.2, 0.25) is 0 Å². The van der Waals surface area contributed by atoms with E-state index in [4.69, 9.17) is 4.42 Å². The highest BCUT2D eigenvalue weighted by molar-refractivity contribution is 6.11. The van der Waals surface area contributed by atoms with Crippen molar-refractivity contribution in [2.45, 2.75) is 19.3 Å². The summed E-state index contributed by atoms with van der Waals surface area (Å²) in [5.74, 6) is 0. The summed E-state index contributed by atoms with van der Waals surface area (Å²) in [5, 5.41) is 7.15. The van der Waals surface area contributed by atoms with Crippen molar-refractivity contribution in [3.05, 3.63) is 199 Å². The van der Waals surface area contributed by atoms with Crippen molar-refractivity contribution in [3.8, 4) is 33.4 Å². The summed E-state index contributed by atoms with van der Waals surface area (Å²) in [5.41, 5.74) is 15.1. The molecule has 260 valence electrons. The Balaban J connectivity index is 1.13. The normalized spacial score (nSPS) is 13.1. The summed E-state index contributed by atoms with van der Waals surface area (Å²) in [4.78, 5) is 2.48. The van der Waals surface area contributed by atoms with Gasteiger partial charge in [-0.1, -0.05) is 153 Å². The van der Waals surface area contributed by atoms with E-state index in [1.807, 2.05) is 0 Å². The van der Waals surface area contributed by atoms with Gasteiger partial charge in [0.05, 0.1) is 11.4 Å². The lowest BCUT2D eigenvalue weighted by molar-refractivity contribution is 0.660. The Morgan fingerprint density at radius 3 is 1.85 bits per heavy atom. The Morgan fingerprint density at radius 1 is 0.400 bits per heavy atom. The van der Waals surface area contributed by atoms with E-state index in [0.717, 1.165) is 44.4 Å². The SMILES string of the molecule is CC1(C)c2ccccc2-c2c(N(c3ccc(-c4cccc5ccccc45)cc3)c3ccccc3-c3ccc4oc5cc6ccccc6cc5c4c3)cccc21. The number of nitrogens with zero attached hydrogens (tertiary/aromatic N) is 1. The number of para-hydroxylation sites is 1. The minimum absolute atomic E-state index is 0.122. The maximum absolute atomic E-state index is 6.43. The van der Waals surface area contributed by atoms with Gasteiger partial charge in [0.15, 0.2) is 0 Å². The number of fused-ring (bicyclic) bond motifs is 8. The number of hydrogen-bond acceptors (Lipinski definition) is 2. The zero-order valence-electron chi connectivity index (χ0n) is 30.8. The van der Waals surface area contributed by atoms with Gasteiger partial charge in [-0.05, 0) is 103 Å². The second kappa shape index (κ2) is 12.1. The second-order valence-corrected chi connectivity index (χ2v) is 15.3. The van der Waals surface area contributed by atoms with Gasteiger partial charge in [0, 0.05) is 33.0 Å². The van der Waals surface area contributed by atoms with Gasteiger partial charge in [-0.15, -0.1) is 0 Å². The molecule has 1 aliphatic carbocycles. The molecule has 0 fully saturated rings. The van der Waals surface area contributed by atoms with Crippen molar-refractivity contribution in [2.75, 3.05) is 4.90 Å². The molecule has 0 saturated carbocycles. The summed E-state index contributed by atoms with van der Waals surface area (Å²) in [6.07, 6.45) is 0. The van der Waals surface area contributed by atoms with Gasteiger partial charge in [0.25, 0.3) is 0 Å². The minimum Gasteiger partial charge on any atom is -0.456 e. The molecule has 10 aromatic rings. The van der Waals surface area contributed by atoms with Gasteiger partial charge in [-0.2, -0.15) is 0 Å². The quantitative estimate of drug-likeness (QED) is 0.177. The van der Waals surface area contributed by atoms with E-state index in [-0.39, 0.29) is 5.41 Å². The lowest BCUT2D eigenvalue weighted by Crippen LogP contribution is -2.16. The third-order valence-corrected chi connectivity index (χ3v) is 11.8. The van der Waals surface area contributed by atoms with Gasteiger partial charge < -0.3 is 9.32 Å². The average molecular weight is 704 g/mol. The van der Waals surface area contributed by atoms with Gasteiger partial charge >= 0.3 is 0 Å². The number of hydrogen-bond donors (Lipinski definition) is 0. The van der Waals surface area contributed by atoms with Crippen LogP contribution in [0.4, 0.5) is 17.1 Å². The van der Waals surface area contributed by atoms with Crippen LogP contribution in [0.15, 0.2) is 192 Å². The molecule has 1 aromatic heterocycles. The highest BCUT2D eigenvalue weighted by atomic mass is 16.3. The van der Waals surface area contributed by atoms with Crippen molar-refractivity contribution >= 4 is 60.5 Å². The van der Waals surface area contributed by atoms with E-state index >= 15 is 0 Å². The van der Waals surface area contributed by atoms with Crippen LogP contribution in [0.25, 0.3) is 76.9 Å². The van der Waals surface area contributed by atoms with Crippen molar-refractivity contribution in [1.82, 2.24) is 0 Å². The molecule has 0 N–H and O–H groups in total. The molecule has 0 spiro atoms. The highest BCUT2D eigenvalue weighted by Gasteiger charge is 2.38. The number of furan rings is 1. The standard InChI is InChI=1S/C53H37NO/c1-53(2)46-21-9-7-19-43(46)52-47(53)22-12-24-49(52)54(39-28-25-35(26-29-39)41-20-11-16-34-13-5-6-17-40(34)41)48-23-10-8-18-42(48)38-27-30-50-44(32-38)45-31-36-14-3-4-15-37(36)33-51(45)55-50/h3-33H,1-2H3. The Morgan fingerprint density at radius 2 is 1.00 bits per heavy atom. The lowest BCUT2D eigenvalue weighted by Gasteiger charge is -2.30. The fourth-order valence-electron chi connectivity index (χ4n) is 9.14. The summed E-state index contributed by atoms with van der Waals surface area (Å²) in [6.45, 7) is 4.71. The van der Waals surface area contributed by atoms with Crippen LogP contribution in [0, 0.1) is 0 Å². The Kier molecular flexibility index (Phi) is 6.93. The molecular weight excluding hydrogens is 667 g/mol. The lowest BCUT2D eigenvalue weighted by atomic mass is 9.82. The number of benzene rings is 9. The molecule has 9 aromatic carbocycles. The van der Waals surface area contributed by atoms with Crippen molar-refractivity contribution in [2.24, 2.45) is 0 Å². The van der Waals surface area contributed by atoms with E-state index in [9.17, 15) is 0 Å². The molecule has 0 aliphatic heterocycles. The van der Waals surface area contributed by atoms with E-state index in [2.05, 4.69) is 207 Å². The van der Waals surface area contributed by atoms with E-state index in [0.29, 0.717) is 0 Å². The molecule has 2 heteroatoms. The smallest absolute Gasteiger partial charge is 0.136 e. The Bertz CT molecular complexity index is 3120. The van der Waals surface area contributed by atoms with Crippen LogP contribution in [0.1, 0.15) is 25.0 Å². The highest BCUT2D eigenvalue weighted by Crippen LogP contribution is 2.55. The monoisotopic (exact) mass is 703 g/mol. The molecule has 0 atom stereocenters. The van der Waals surface area contributed by atoms with Crippen molar-refractivity contribution in [1.29, 1.82) is 0 Å². The first-order chi connectivity index (χ1) is 27.0. The summed E-state index contributed by atoms with van der Waals surface area (Å²) < 4.78 is 6.43. The number of rotatable bonds is 5. The first-order valence-corrected chi connectivity index (χ1v) is 19.1. The van der Waals surface area contributed by atoms with E-state index in [1.54, 1.807) is 0 Å². The van der Waals surface area contributed by atoms with Gasteiger partial charge in [-0.3, -0.25) is 0 Å². The molecule has 1 aliphatic rings. The van der Waals surface area contributed by atoms with Gasteiger partial charge in [0.2, 0.25) is 0 Å². The van der Waals surface area contributed by atoms with Crippen LogP contribution in [0.3, 0.4) is 0 Å². The number of anilines is 3. The van der Waals surface area contributed by atoms with Gasteiger partial charge in [-0.25, -0.2) is 0 Å².